The maximum atomic E-state index is 13.2. The second-order valence-electron chi connectivity index (χ2n) is 3.11. The summed E-state index contributed by atoms with van der Waals surface area (Å²) in [4.78, 5) is 0. The van der Waals surface area contributed by atoms with Crippen molar-refractivity contribution in [3.05, 3.63) is 35.9 Å². The van der Waals surface area contributed by atoms with E-state index in [0.717, 1.165) is 6.20 Å². The third-order valence-electron chi connectivity index (χ3n) is 2.12. The minimum atomic E-state index is -2.95. The Bertz CT molecular complexity index is 462. The van der Waals surface area contributed by atoms with Crippen LogP contribution in [-0.4, -0.2) is 22.1 Å². The van der Waals surface area contributed by atoms with Gasteiger partial charge in [-0.15, -0.1) is 0 Å². The summed E-state index contributed by atoms with van der Waals surface area (Å²) in [6, 6.07) is 1.31. The van der Waals surface area contributed by atoms with Crippen molar-refractivity contribution in [1.82, 2.24) is 9.78 Å². The van der Waals surface area contributed by atoms with Gasteiger partial charge in [-0.1, -0.05) is 0 Å². The summed E-state index contributed by atoms with van der Waals surface area (Å²) >= 11 is 0. The standard InChI is InChI=1S/C9H5F5N2/c10-4-5(11)7(13)9(8(14)6(4)12)16-3-1-2-15-16/h1-5H. The maximum Gasteiger partial charge on any atom is 0.192 e. The third-order valence-corrected chi connectivity index (χ3v) is 2.12. The summed E-state index contributed by atoms with van der Waals surface area (Å²) in [6.07, 6.45) is -3.54. The van der Waals surface area contributed by atoms with Gasteiger partial charge in [0.15, 0.2) is 29.8 Å². The Morgan fingerprint density at radius 1 is 1.06 bits per heavy atom. The number of hydrogen-bond acceptors (Lipinski definition) is 1. The fraction of sp³-hybridized carbons (Fsp3) is 0.222. The van der Waals surface area contributed by atoms with Gasteiger partial charge in [-0.05, 0) is 6.07 Å². The molecule has 1 heterocycles. The first-order valence-electron chi connectivity index (χ1n) is 4.27. The number of allylic oxidation sites excluding steroid dienone is 4. The molecule has 16 heavy (non-hydrogen) atoms. The Morgan fingerprint density at radius 3 is 2.25 bits per heavy atom. The molecule has 0 saturated heterocycles. The van der Waals surface area contributed by atoms with Gasteiger partial charge in [0, 0.05) is 12.4 Å². The zero-order chi connectivity index (χ0) is 11.9. The van der Waals surface area contributed by atoms with Crippen molar-refractivity contribution in [2.24, 2.45) is 0 Å². The molecule has 0 bridgehead atoms. The third kappa shape index (κ3) is 1.43. The summed E-state index contributed by atoms with van der Waals surface area (Å²) in [5.74, 6) is -5.45. The van der Waals surface area contributed by atoms with Crippen molar-refractivity contribution in [2.45, 2.75) is 12.3 Å². The zero-order valence-corrected chi connectivity index (χ0v) is 7.67. The number of alkyl halides is 2. The van der Waals surface area contributed by atoms with E-state index < -0.39 is 35.5 Å². The molecule has 0 aromatic carbocycles. The zero-order valence-electron chi connectivity index (χ0n) is 7.67. The van der Waals surface area contributed by atoms with E-state index in [1.807, 2.05) is 0 Å². The largest absolute Gasteiger partial charge is 0.236 e. The highest BCUT2D eigenvalue weighted by molar-refractivity contribution is 5.67. The molecule has 1 aromatic rings. The van der Waals surface area contributed by atoms with Crippen molar-refractivity contribution >= 4 is 5.70 Å². The lowest BCUT2D eigenvalue weighted by atomic mass is 10.1. The highest BCUT2D eigenvalue weighted by atomic mass is 19.2. The van der Waals surface area contributed by atoms with Crippen LogP contribution in [0.1, 0.15) is 0 Å². The van der Waals surface area contributed by atoms with Crippen molar-refractivity contribution in [2.75, 3.05) is 0 Å². The molecule has 0 radical (unpaired) electrons. The van der Waals surface area contributed by atoms with Gasteiger partial charge in [0.05, 0.1) is 0 Å². The first-order chi connectivity index (χ1) is 7.54. The average Bonchev–Trinajstić information content (AvgIpc) is 2.77. The minimum absolute atomic E-state index is 0.600. The van der Waals surface area contributed by atoms with Gasteiger partial charge >= 0.3 is 0 Å². The van der Waals surface area contributed by atoms with E-state index in [1.54, 1.807) is 0 Å². The predicted molar refractivity (Wildman–Crippen MR) is 45.6 cm³/mol. The van der Waals surface area contributed by atoms with Crippen LogP contribution in [0.5, 0.6) is 0 Å². The van der Waals surface area contributed by atoms with Crippen LogP contribution in [-0.2, 0) is 0 Å². The van der Waals surface area contributed by atoms with Crippen LogP contribution in [0.2, 0.25) is 0 Å². The van der Waals surface area contributed by atoms with Crippen molar-refractivity contribution in [1.29, 1.82) is 0 Å². The number of aromatic nitrogens is 2. The Hall–Kier alpha value is -1.66. The van der Waals surface area contributed by atoms with Crippen LogP contribution in [0.25, 0.3) is 5.70 Å². The van der Waals surface area contributed by atoms with Crippen LogP contribution in [0.15, 0.2) is 35.9 Å². The molecular weight excluding hydrogens is 231 g/mol. The lowest BCUT2D eigenvalue weighted by Gasteiger charge is -2.19. The molecule has 86 valence electrons. The Morgan fingerprint density at radius 2 is 1.69 bits per heavy atom. The topological polar surface area (TPSA) is 17.8 Å². The number of rotatable bonds is 1. The number of hydrogen-bond donors (Lipinski definition) is 0. The van der Waals surface area contributed by atoms with Gasteiger partial charge in [-0.3, -0.25) is 0 Å². The van der Waals surface area contributed by atoms with E-state index in [9.17, 15) is 22.0 Å². The fourth-order valence-corrected chi connectivity index (χ4v) is 1.34. The van der Waals surface area contributed by atoms with Gasteiger partial charge in [0.2, 0.25) is 0 Å². The highest BCUT2D eigenvalue weighted by Gasteiger charge is 2.41. The predicted octanol–water partition coefficient (Wildman–Crippen LogP) is 2.86. The van der Waals surface area contributed by atoms with E-state index >= 15 is 0 Å². The maximum absolute atomic E-state index is 13.2. The van der Waals surface area contributed by atoms with Crippen molar-refractivity contribution in [3.8, 4) is 0 Å². The lowest BCUT2D eigenvalue weighted by molar-refractivity contribution is 0.168. The van der Waals surface area contributed by atoms with E-state index in [0.29, 0.717) is 4.68 Å². The molecule has 2 atom stereocenters. The monoisotopic (exact) mass is 236 g/mol. The Balaban J connectivity index is 2.59. The lowest BCUT2D eigenvalue weighted by Crippen LogP contribution is -2.26. The van der Waals surface area contributed by atoms with Crippen LogP contribution in [0.4, 0.5) is 22.0 Å². The molecule has 2 nitrogen and oxygen atoms in total. The van der Waals surface area contributed by atoms with E-state index in [4.69, 9.17) is 0 Å². The van der Waals surface area contributed by atoms with Crippen LogP contribution >= 0.6 is 0 Å². The van der Waals surface area contributed by atoms with Gasteiger partial charge in [-0.2, -0.15) is 5.10 Å². The molecule has 0 spiro atoms. The summed E-state index contributed by atoms with van der Waals surface area (Å²) in [7, 11) is 0. The molecule has 2 unspecified atom stereocenters. The van der Waals surface area contributed by atoms with Gasteiger partial charge in [0.1, 0.15) is 5.70 Å². The molecule has 1 aliphatic carbocycles. The number of nitrogens with zero attached hydrogens (tertiary/aromatic N) is 2. The first-order valence-corrected chi connectivity index (χ1v) is 4.27. The molecule has 7 heteroatoms. The molecular formula is C9H5F5N2. The smallest absolute Gasteiger partial charge is 0.192 e. The first kappa shape index (κ1) is 10.8. The molecule has 2 rings (SSSR count). The van der Waals surface area contributed by atoms with Crippen molar-refractivity contribution in [3.63, 3.8) is 0 Å². The Labute approximate surface area is 86.7 Å². The number of halogens is 5. The Kier molecular flexibility index (Phi) is 2.53. The molecule has 0 saturated carbocycles. The minimum Gasteiger partial charge on any atom is -0.236 e. The van der Waals surface area contributed by atoms with Gasteiger partial charge < -0.3 is 0 Å². The molecule has 1 aromatic heterocycles. The van der Waals surface area contributed by atoms with Crippen LogP contribution in [0.3, 0.4) is 0 Å². The molecule has 0 amide bonds. The van der Waals surface area contributed by atoms with E-state index in [2.05, 4.69) is 5.10 Å². The van der Waals surface area contributed by atoms with Crippen LogP contribution < -0.4 is 0 Å². The normalized spacial score (nSPS) is 26.6. The summed E-state index contributed by atoms with van der Waals surface area (Å²) in [5.41, 5.74) is -1.04. The quantitative estimate of drug-likeness (QED) is 0.685. The molecule has 0 N–H and O–H groups in total. The highest BCUT2D eigenvalue weighted by Crippen LogP contribution is 2.38. The van der Waals surface area contributed by atoms with Crippen molar-refractivity contribution < 1.29 is 22.0 Å². The molecule has 1 aliphatic rings. The summed E-state index contributed by atoms with van der Waals surface area (Å²) in [6.45, 7) is 0. The molecule has 0 aliphatic heterocycles. The summed E-state index contributed by atoms with van der Waals surface area (Å²) in [5, 5.41) is 3.42. The van der Waals surface area contributed by atoms with E-state index in [-0.39, 0.29) is 0 Å². The summed E-state index contributed by atoms with van der Waals surface area (Å²) < 4.78 is 65.6. The second kappa shape index (κ2) is 3.73. The van der Waals surface area contributed by atoms with Gasteiger partial charge in [-0.25, -0.2) is 26.6 Å². The fourth-order valence-electron chi connectivity index (χ4n) is 1.34. The van der Waals surface area contributed by atoms with Crippen LogP contribution in [0, 0.1) is 0 Å². The second-order valence-corrected chi connectivity index (χ2v) is 3.11. The van der Waals surface area contributed by atoms with E-state index in [1.165, 1.54) is 12.3 Å². The molecule has 0 fully saturated rings. The average molecular weight is 236 g/mol. The van der Waals surface area contributed by atoms with Gasteiger partial charge in [0.25, 0.3) is 0 Å². The SMILES string of the molecule is FC1=C(F)C(F)C(F)C(F)=C1n1cccn1.